The summed E-state index contributed by atoms with van der Waals surface area (Å²) in [6.45, 7) is 9.52. The van der Waals surface area contributed by atoms with Gasteiger partial charge in [-0.2, -0.15) is 0 Å². The van der Waals surface area contributed by atoms with Crippen molar-refractivity contribution in [3.8, 4) is 0 Å². The van der Waals surface area contributed by atoms with Crippen LogP contribution in [0.3, 0.4) is 0 Å². The molecule has 3 heterocycles. The van der Waals surface area contributed by atoms with Gasteiger partial charge in [-0.3, -0.25) is 0 Å². The molecule has 0 saturated heterocycles. The van der Waals surface area contributed by atoms with E-state index < -0.39 is 0 Å². The molecule has 7 heteroatoms. The van der Waals surface area contributed by atoms with Gasteiger partial charge in [-0.05, 0) is 40.5 Å². The molecule has 0 unspecified atom stereocenters. The van der Waals surface area contributed by atoms with Crippen molar-refractivity contribution in [3.05, 3.63) is 127 Å². The number of thiocarbonyl (C=S) groups is 4. The number of thiophene rings is 3. The number of hydrogen-bond donors (Lipinski definition) is 0. The summed E-state index contributed by atoms with van der Waals surface area (Å²) in [4.78, 5) is 6.10. The summed E-state index contributed by atoms with van der Waals surface area (Å²) in [6, 6.07) is 18.8. The Kier molecular flexibility index (Phi) is 6.02. The quantitative estimate of drug-likeness (QED) is 0.132. The Morgan fingerprint density at radius 2 is 1.13 bits per heavy atom. The van der Waals surface area contributed by atoms with Crippen molar-refractivity contribution < 1.29 is 0 Å². The molecule has 0 bridgehead atoms. The third-order valence-electron chi connectivity index (χ3n) is 9.84. The highest BCUT2D eigenvalue weighted by molar-refractivity contribution is 7.84. The first kappa shape index (κ1) is 28.6. The molecule has 2 aromatic carbocycles. The Hall–Kier alpha value is -2.62. The van der Waals surface area contributed by atoms with Crippen molar-refractivity contribution >= 4 is 133 Å². The first-order valence-electron chi connectivity index (χ1n) is 14.8. The van der Waals surface area contributed by atoms with Gasteiger partial charge in [0.15, 0.2) is 0 Å². The highest BCUT2D eigenvalue weighted by atomic mass is 32.1. The van der Waals surface area contributed by atoms with E-state index in [4.69, 9.17) is 48.9 Å². The number of rotatable bonds is 2. The molecule has 0 aliphatic heterocycles. The second-order valence-electron chi connectivity index (χ2n) is 13.1. The van der Waals surface area contributed by atoms with Crippen molar-refractivity contribution in [2.45, 2.75) is 33.1 Å². The summed E-state index contributed by atoms with van der Waals surface area (Å²) in [5, 5.41) is 0. The largest absolute Gasteiger partial charge is 0.133 e. The predicted molar refractivity (Wildman–Crippen MR) is 213 cm³/mol. The Morgan fingerprint density at radius 3 is 1.69 bits per heavy atom. The van der Waals surface area contributed by atoms with Crippen LogP contribution in [0.25, 0.3) is 30.4 Å². The van der Waals surface area contributed by atoms with Crippen LogP contribution in [-0.2, 0) is 5.41 Å². The number of benzene rings is 2. The van der Waals surface area contributed by atoms with Crippen LogP contribution in [0.2, 0.25) is 0 Å². The molecule has 218 valence electrons. The zero-order chi connectivity index (χ0) is 31.2. The monoisotopic (exact) mass is 704 g/mol. The van der Waals surface area contributed by atoms with E-state index >= 15 is 0 Å². The normalized spacial score (nSPS) is 19.2. The van der Waals surface area contributed by atoms with E-state index in [0.717, 1.165) is 52.9 Å². The molecule has 0 atom stereocenters. The zero-order valence-electron chi connectivity index (χ0n) is 24.8. The summed E-state index contributed by atoms with van der Waals surface area (Å²) in [5.74, 6) is 0. The molecule has 0 fully saturated rings. The summed E-state index contributed by atoms with van der Waals surface area (Å²) in [7, 11) is 0. The van der Waals surface area contributed by atoms with Gasteiger partial charge in [-0.1, -0.05) is 131 Å². The first-order chi connectivity index (χ1) is 21.5. The van der Waals surface area contributed by atoms with Crippen molar-refractivity contribution in [1.29, 1.82) is 0 Å². The molecule has 0 nitrogen and oxygen atoms in total. The lowest BCUT2D eigenvalue weighted by molar-refractivity contribution is 0.629. The van der Waals surface area contributed by atoms with E-state index in [1.54, 1.807) is 0 Å². The highest BCUT2D eigenvalue weighted by Crippen LogP contribution is 2.65. The van der Waals surface area contributed by atoms with E-state index in [9.17, 15) is 0 Å². The molecule has 0 amide bonds. The average molecular weight is 705 g/mol. The van der Waals surface area contributed by atoms with E-state index in [1.165, 1.54) is 50.8 Å². The van der Waals surface area contributed by atoms with Crippen LogP contribution in [0, 0.1) is 5.41 Å². The van der Waals surface area contributed by atoms with Crippen LogP contribution in [0.15, 0.2) is 89.0 Å². The van der Waals surface area contributed by atoms with Gasteiger partial charge in [0.2, 0.25) is 0 Å². The van der Waals surface area contributed by atoms with Gasteiger partial charge in [0.25, 0.3) is 0 Å². The van der Waals surface area contributed by atoms with Gasteiger partial charge in [0, 0.05) is 58.7 Å². The van der Waals surface area contributed by atoms with E-state index in [-0.39, 0.29) is 10.8 Å². The third-order valence-corrected chi connectivity index (χ3v) is 15.5. The lowest BCUT2D eigenvalue weighted by Gasteiger charge is -2.25. The molecule has 0 N–H and O–H groups in total. The van der Waals surface area contributed by atoms with Crippen LogP contribution < -0.4 is 0 Å². The number of hydrogen-bond acceptors (Lipinski definition) is 7. The molecule has 4 aliphatic carbocycles. The lowest BCUT2D eigenvalue weighted by Crippen LogP contribution is -2.15. The molecular formula is C38H24S7. The fourth-order valence-corrected chi connectivity index (χ4v) is 13.7. The summed E-state index contributed by atoms with van der Waals surface area (Å²) in [5.41, 5.74) is 11.7. The Balaban J connectivity index is 1.12. The van der Waals surface area contributed by atoms with E-state index in [0.29, 0.717) is 0 Å². The standard InChI is InChI=1S/C38H24S7/c1-37(2)17(13-23-29(39)19-9-5-6-10-20(19)30(23)40)14-25-27(37)34-28(38(25,3)4)35-36(45-34)33-26(44-35)16-18(43-33)15-24-31(41)21-11-7-8-12-22(21)32(24)42/h5-16H,1-4H3. The first-order valence-corrected chi connectivity index (χ1v) is 18.8. The van der Waals surface area contributed by atoms with Crippen molar-refractivity contribution in [2.24, 2.45) is 5.41 Å². The Labute approximate surface area is 295 Å². The van der Waals surface area contributed by atoms with E-state index in [2.05, 4.69) is 76.3 Å². The van der Waals surface area contributed by atoms with E-state index in [1.807, 2.05) is 58.3 Å². The van der Waals surface area contributed by atoms with Gasteiger partial charge in [0.1, 0.15) is 0 Å². The molecule has 0 saturated carbocycles. The van der Waals surface area contributed by atoms with Crippen LogP contribution >= 0.6 is 82.9 Å². The van der Waals surface area contributed by atoms with Gasteiger partial charge in [-0.15, -0.1) is 34.0 Å². The second-order valence-corrected chi connectivity index (χ2v) is 17.9. The minimum absolute atomic E-state index is 0.0914. The zero-order valence-corrected chi connectivity index (χ0v) is 30.5. The third kappa shape index (κ3) is 3.72. The fraction of sp³-hybridized carbons (Fsp3) is 0.158. The predicted octanol–water partition coefficient (Wildman–Crippen LogP) is 11.8. The van der Waals surface area contributed by atoms with Crippen molar-refractivity contribution in [2.75, 3.05) is 0 Å². The van der Waals surface area contributed by atoms with Crippen molar-refractivity contribution in [3.63, 3.8) is 0 Å². The Morgan fingerprint density at radius 1 is 0.600 bits per heavy atom. The van der Waals surface area contributed by atoms with Gasteiger partial charge in [0.05, 0.1) is 33.6 Å². The molecule has 5 aromatic rings. The smallest absolute Gasteiger partial charge is 0.0639 e. The lowest BCUT2D eigenvalue weighted by atomic mass is 9.79. The number of fused-ring (bicyclic) bond motifs is 8. The summed E-state index contributed by atoms with van der Waals surface area (Å²) >= 11 is 29.3. The molecule has 0 spiro atoms. The van der Waals surface area contributed by atoms with Crippen LogP contribution in [0.4, 0.5) is 0 Å². The molecule has 0 radical (unpaired) electrons. The maximum absolute atomic E-state index is 5.94. The SMILES string of the molecule is CC1(C)C(C=C2C(=S)c3ccccc3C2=S)=CC2=C1c1sc3c(sc4cc(C=C5C(=S)c6ccccc6C5=S)sc43)c1C2(C)C. The average Bonchev–Trinajstić information content (AvgIpc) is 3.83. The maximum atomic E-state index is 5.94. The summed E-state index contributed by atoms with van der Waals surface area (Å²) < 4.78 is 5.56. The van der Waals surface area contributed by atoms with Gasteiger partial charge in [-0.25, -0.2) is 0 Å². The molecule has 45 heavy (non-hydrogen) atoms. The minimum Gasteiger partial charge on any atom is -0.133 e. The van der Waals surface area contributed by atoms with Crippen LogP contribution in [0.5, 0.6) is 0 Å². The summed E-state index contributed by atoms with van der Waals surface area (Å²) in [6.07, 6.45) is 6.92. The van der Waals surface area contributed by atoms with Gasteiger partial charge >= 0.3 is 0 Å². The second kappa shape index (κ2) is 9.48. The van der Waals surface area contributed by atoms with Crippen LogP contribution in [0.1, 0.15) is 65.3 Å². The fourth-order valence-electron chi connectivity index (χ4n) is 7.46. The van der Waals surface area contributed by atoms with Crippen molar-refractivity contribution in [1.82, 2.24) is 0 Å². The Bertz CT molecular complexity index is 2360. The van der Waals surface area contributed by atoms with Crippen LogP contribution in [-0.4, -0.2) is 19.5 Å². The molecule has 4 aliphatic rings. The molecule has 3 aromatic heterocycles. The molecule has 9 rings (SSSR count). The molecular weight excluding hydrogens is 681 g/mol. The topological polar surface area (TPSA) is 0 Å². The minimum atomic E-state index is -0.162. The maximum Gasteiger partial charge on any atom is 0.0639 e. The highest BCUT2D eigenvalue weighted by Gasteiger charge is 2.49. The number of allylic oxidation sites excluding steroid dienone is 7. The van der Waals surface area contributed by atoms with Gasteiger partial charge < -0.3 is 0 Å².